The zero-order chi connectivity index (χ0) is 22.2. The molecule has 2 amide bonds. The number of piperidine rings is 1. The van der Waals surface area contributed by atoms with Crippen molar-refractivity contribution in [3.63, 3.8) is 0 Å². The van der Waals surface area contributed by atoms with E-state index in [4.69, 9.17) is 9.47 Å². The topological polar surface area (TPSA) is 79.4 Å². The molecule has 2 heterocycles. The van der Waals surface area contributed by atoms with Gasteiger partial charge in [-0.25, -0.2) is 4.39 Å². The number of halogens is 1. The number of hydrogen-bond donors (Lipinski definition) is 0. The summed E-state index contributed by atoms with van der Waals surface area (Å²) >= 11 is 0. The van der Waals surface area contributed by atoms with Gasteiger partial charge in [0.15, 0.2) is 0 Å². The van der Waals surface area contributed by atoms with Gasteiger partial charge in [-0.15, -0.1) is 0 Å². The fraction of sp³-hybridized carbons (Fsp3) is 0.591. The molecule has 170 valence electrons. The van der Waals surface area contributed by atoms with E-state index >= 15 is 0 Å². The summed E-state index contributed by atoms with van der Waals surface area (Å²) < 4.78 is 24.3. The molecule has 1 aromatic carbocycles. The van der Waals surface area contributed by atoms with Gasteiger partial charge in [0.1, 0.15) is 19.0 Å². The van der Waals surface area contributed by atoms with Crippen molar-refractivity contribution in [1.29, 1.82) is 0 Å². The van der Waals surface area contributed by atoms with Crippen molar-refractivity contribution in [3.05, 3.63) is 30.1 Å². The zero-order valence-electron chi connectivity index (χ0n) is 17.9. The number of amides is 2. The molecule has 0 bridgehead atoms. The molecule has 8 nitrogen and oxygen atoms in total. The Bertz CT molecular complexity index is 774. The van der Waals surface area contributed by atoms with E-state index in [9.17, 15) is 18.8 Å². The Morgan fingerprint density at radius 1 is 0.935 bits per heavy atom. The third kappa shape index (κ3) is 6.16. The second-order valence-corrected chi connectivity index (χ2v) is 7.72. The molecular weight excluding hydrogens is 405 g/mol. The Morgan fingerprint density at radius 2 is 1.52 bits per heavy atom. The molecule has 2 aliphatic heterocycles. The summed E-state index contributed by atoms with van der Waals surface area (Å²) in [5.41, 5.74) is 0.545. The molecule has 2 fully saturated rings. The number of benzene rings is 1. The number of carbonyl (C=O) groups excluding carboxylic acids is 3. The lowest BCUT2D eigenvalue weighted by atomic mass is 9.97. The van der Waals surface area contributed by atoms with E-state index in [1.165, 1.54) is 6.07 Å². The lowest BCUT2D eigenvalue weighted by molar-refractivity contribution is -0.152. The van der Waals surface area contributed by atoms with Gasteiger partial charge in [0.2, 0.25) is 11.8 Å². The zero-order valence-corrected chi connectivity index (χ0v) is 17.9. The number of anilines is 1. The lowest BCUT2D eigenvalue weighted by Gasteiger charge is -2.36. The number of ether oxygens (including phenoxy) is 2. The normalized spacial score (nSPS) is 17.5. The van der Waals surface area contributed by atoms with Gasteiger partial charge < -0.3 is 24.2 Å². The Labute approximate surface area is 181 Å². The van der Waals surface area contributed by atoms with E-state index in [1.54, 1.807) is 34.9 Å². The van der Waals surface area contributed by atoms with Gasteiger partial charge in [0.25, 0.3) is 0 Å². The van der Waals surface area contributed by atoms with Crippen LogP contribution in [0.1, 0.15) is 19.8 Å². The molecule has 0 radical (unpaired) electrons. The summed E-state index contributed by atoms with van der Waals surface area (Å²) in [7, 11) is 0. The van der Waals surface area contributed by atoms with Gasteiger partial charge in [-0.05, 0) is 31.9 Å². The Morgan fingerprint density at radius 3 is 2.10 bits per heavy atom. The lowest BCUT2D eigenvalue weighted by Crippen LogP contribution is -2.50. The number of hydrogen-bond acceptors (Lipinski definition) is 6. The van der Waals surface area contributed by atoms with Crippen LogP contribution in [0, 0.1) is 11.7 Å². The molecule has 0 saturated carbocycles. The minimum atomic E-state index is -0.268. The number of carbonyl (C=O) groups is 3. The molecule has 0 N–H and O–H groups in total. The average Bonchev–Trinajstić information content (AvgIpc) is 2.79. The average molecular weight is 435 g/mol. The molecule has 0 aromatic heterocycles. The van der Waals surface area contributed by atoms with Gasteiger partial charge in [0.05, 0.1) is 18.2 Å². The molecule has 0 unspecified atom stereocenters. The quantitative estimate of drug-likeness (QED) is 0.601. The molecule has 9 heteroatoms. The van der Waals surface area contributed by atoms with Crippen molar-refractivity contribution in [2.24, 2.45) is 5.92 Å². The molecule has 0 spiro atoms. The number of likely N-dealkylation sites (tertiary alicyclic amines) is 1. The standard InChI is InChI=1S/C22H30FN3O5/c1-2-31-22(29)17-7-9-25(10-8-17)20(27)15-30-16-21(28)26-13-11-24(12-14-26)19-6-4-3-5-18(19)23/h3-6,17H,2,7-16H2,1H3. The van der Waals surface area contributed by atoms with Crippen molar-refractivity contribution in [1.82, 2.24) is 9.80 Å². The maximum atomic E-state index is 13.9. The second kappa shape index (κ2) is 11.1. The second-order valence-electron chi connectivity index (χ2n) is 7.72. The summed E-state index contributed by atoms with van der Waals surface area (Å²) in [6, 6.07) is 6.61. The molecule has 2 saturated heterocycles. The molecule has 1 aromatic rings. The maximum Gasteiger partial charge on any atom is 0.309 e. The van der Waals surface area contributed by atoms with E-state index in [-0.39, 0.29) is 42.7 Å². The van der Waals surface area contributed by atoms with Gasteiger partial charge in [-0.1, -0.05) is 12.1 Å². The van der Waals surface area contributed by atoms with Crippen LogP contribution in [0.15, 0.2) is 24.3 Å². The number of piperazine rings is 1. The van der Waals surface area contributed by atoms with E-state index < -0.39 is 0 Å². The summed E-state index contributed by atoms with van der Waals surface area (Å²) in [6.45, 7) is 4.82. The predicted molar refractivity (Wildman–Crippen MR) is 112 cm³/mol. The van der Waals surface area contributed by atoms with Crippen molar-refractivity contribution in [3.8, 4) is 0 Å². The van der Waals surface area contributed by atoms with Crippen molar-refractivity contribution in [2.45, 2.75) is 19.8 Å². The van der Waals surface area contributed by atoms with Crippen LogP contribution >= 0.6 is 0 Å². The molecule has 2 aliphatic rings. The van der Waals surface area contributed by atoms with Crippen LogP contribution in [0.2, 0.25) is 0 Å². The predicted octanol–water partition coefficient (Wildman–Crippen LogP) is 1.29. The summed E-state index contributed by atoms with van der Waals surface area (Å²) in [6.07, 6.45) is 1.16. The number of para-hydroxylation sites is 1. The minimum Gasteiger partial charge on any atom is -0.466 e. The van der Waals surface area contributed by atoms with Gasteiger partial charge >= 0.3 is 5.97 Å². The first-order valence-corrected chi connectivity index (χ1v) is 10.8. The largest absolute Gasteiger partial charge is 0.466 e. The van der Waals surface area contributed by atoms with Crippen LogP contribution in [0.3, 0.4) is 0 Å². The number of rotatable bonds is 7. The third-order valence-corrected chi connectivity index (χ3v) is 5.74. The van der Waals surface area contributed by atoms with Gasteiger partial charge in [-0.2, -0.15) is 0 Å². The highest BCUT2D eigenvalue weighted by atomic mass is 19.1. The fourth-order valence-corrected chi connectivity index (χ4v) is 3.94. The Kier molecular flexibility index (Phi) is 8.22. The first-order chi connectivity index (χ1) is 15.0. The van der Waals surface area contributed by atoms with E-state index in [0.29, 0.717) is 64.4 Å². The minimum absolute atomic E-state index is 0.158. The van der Waals surface area contributed by atoms with Gasteiger partial charge in [0, 0.05) is 39.3 Å². The smallest absolute Gasteiger partial charge is 0.309 e. The third-order valence-electron chi connectivity index (χ3n) is 5.74. The Balaban J connectivity index is 1.34. The van der Waals surface area contributed by atoms with Crippen molar-refractivity contribution in [2.75, 3.05) is 64.0 Å². The van der Waals surface area contributed by atoms with E-state index in [2.05, 4.69) is 0 Å². The highest BCUT2D eigenvalue weighted by Gasteiger charge is 2.28. The van der Waals surface area contributed by atoms with Crippen LogP contribution in [0.5, 0.6) is 0 Å². The monoisotopic (exact) mass is 435 g/mol. The molecule has 3 rings (SSSR count). The first kappa shape index (κ1) is 23.0. The van der Waals surface area contributed by atoms with Crippen molar-refractivity contribution < 1.29 is 28.2 Å². The van der Waals surface area contributed by atoms with Crippen LogP contribution in [0.4, 0.5) is 10.1 Å². The van der Waals surface area contributed by atoms with Crippen LogP contribution in [0.25, 0.3) is 0 Å². The first-order valence-electron chi connectivity index (χ1n) is 10.8. The van der Waals surface area contributed by atoms with Gasteiger partial charge in [-0.3, -0.25) is 14.4 Å². The molecule has 0 atom stereocenters. The van der Waals surface area contributed by atoms with Crippen LogP contribution in [-0.4, -0.2) is 86.7 Å². The molecule has 31 heavy (non-hydrogen) atoms. The molecular formula is C22H30FN3O5. The SMILES string of the molecule is CCOC(=O)C1CCN(C(=O)COCC(=O)N2CCN(c3ccccc3F)CC2)CC1. The summed E-state index contributed by atoms with van der Waals surface area (Å²) in [5.74, 6) is -0.988. The number of nitrogens with zero attached hydrogens (tertiary/aromatic N) is 3. The molecule has 0 aliphatic carbocycles. The highest BCUT2D eigenvalue weighted by molar-refractivity contribution is 5.80. The maximum absolute atomic E-state index is 13.9. The van der Waals surface area contributed by atoms with E-state index in [1.807, 2.05) is 4.90 Å². The Hall–Kier alpha value is -2.68. The van der Waals surface area contributed by atoms with Crippen LogP contribution < -0.4 is 4.90 Å². The fourth-order valence-electron chi connectivity index (χ4n) is 3.94. The number of esters is 1. The van der Waals surface area contributed by atoms with Crippen LogP contribution in [-0.2, 0) is 23.9 Å². The highest BCUT2D eigenvalue weighted by Crippen LogP contribution is 2.20. The summed E-state index contributed by atoms with van der Waals surface area (Å²) in [4.78, 5) is 41.7. The van der Waals surface area contributed by atoms with E-state index in [0.717, 1.165) is 0 Å². The summed E-state index contributed by atoms with van der Waals surface area (Å²) in [5, 5.41) is 0. The van der Waals surface area contributed by atoms with Crippen molar-refractivity contribution >= 4 is 23.5 Å².